The van der Waals surface area contributed by atoms with Crippen LogP contribution in [-0.4, -0.2) is 39.9 Å². The van der Waals surface area contributed by atoms with Crippen LogP contribution in [0, 0.1) is 11.6 Å². The number of hydrogen-bond donors (Lipinski definition) is 2. The van der Waals surface area contributed by atoms with Gasteiger partial charge in [0.1, 0.15) is 29.7 Å². The molecule has 43 heavy (non-hydrogen) atoms. The second-order valence-electron chi connectivity index (χ2n) is 11.2. The summed E-state index contributed by atoms with van der Waals surface area (Å²) in [6.07, 6.45) is 2.62. The standard InChI is InChI=1S/C33H25F2N5O3/c1-32(22-13-23(34)15-24(35)14-22)39-28(19-6-3-2-4-7-19)30(42)40(32)18-27(41)37-25-10-9-20-16-33(17-21(20)12-25)26-8-5-11-36-29(26)38-31(33)43/h2-15H,16-18H2,1H3,(H,37,41)(H,36,38,43)/t32-,33?/m0/s1. The number of nitrogens with zero attached hydrogens (tertiary/aromatic N) is 3. The molecule has 0 radical (unpaired) electrons. The second-order valence-corrected chi connectivity index (χ2v) is 11.2. The van der Waals surface area contributed by atoms with Crippen LogP contribution in [0.5, 0.6) is 0 Å². The Bertz CT molecular complexity index is 1860. The Hall–Kier alpha value is -5.25. The number of nitrogens with one attached hydrogen (secondary N) is 2. The first-order valence-electron chi connectivity index (χ1n) is 13.8. The number of aromatic nitrogens is 1. The number of amides is 3. The molecule has 3 amide bonds. The van der Waals surface area contributed by atoms with Crippen LogP contribution in [0.25, 0.3) is 0 Å². The minimum Gasteiger partial charge on any atom is -0.325 e. The Morgan fingerprint density at radius 1 is 0.953 bits per heavy atom. The summed E-state index contributed by atoms with van der Waals surface area (Å²) in [5.41, 5.74) is 1.72. The molecular weight excluding hydrogens is 552 g/mol. The highest BCUT2D eigenvalue weighted by Crippen LogP contribution is 2.47. The molecule has 0 saturated carbocycles. The highest BCUT2D eigenvalue weighted by Gasteiger charge is 2.51. The summed E-state index contributed by atoms with van der Waals surface area (Å²) >= 11 is 0. The average Bonchev–Trinajstić information content (AvgIpc) is 3.59. The van der Waals surface area contributed by atoms with Crippen molar-refractivity contribution in [2.75, 3.05) is 17.2 Å². The third-order valence-electron chi connectivity index (χ3n) is 8.53. The fourth-order valence-corrected chi connectivity index (χ4v) is 6.40. The van der Waals surface area contributed by atoms with Crippen LogP contribution in [0.2, 0.25) is 0 Å². The zero-order valence-corrected chi connectivity index (χ0v) is 23.0. The molecule has 0 saturated heterocycles. The van der Waals surface area contributed by atoms with Crippen molar-refractivity contribution in [1.29, 1.82) is 0 Å². The summed E-state index contributed by atoms with van der Waals surface area (Å²) < 4.78 is 28.5. The number of anilines is 2. The van der Waals surface area contributed by atoms with Crippen LogP contribution in [0.15, 0.2) is 90.1 Å². The van der Waals surface area contributed by atoms with E-state index in [0.717, 1.165) is 34.9 Å². The molecule has 3 aliphatic rings. The molecule has 3 heterocycles. The molecule has 10 heteroatoms. The van der Waals surface area contributed by atoms with Crippen LogP contribution in [0.1, 0.15) is 34.7 Å². The topological polar surface area (TPSA) is 104 Å². The summed E-state index contributed by atoms with van der Waals surface area (Å²) in [5, 5.41) is 5.73. The van der Waals surface area contributed by atoms with Gasteiger partial charge in [-0.3, -0.25) is 19.3 Å². The molecule has 2 N–H and O–H groups in total. The number of halogens is 2. The van der Waals surface area contributed by atoms with Crippen LogP contribution in [0.4, 0.5) is 20.3 Å². The molecule has 8 nitrogen and oxygen atoms in total. The summed E-state index contributed by atoms with van der Waals surface area (Å²) in [4.78, 5) is 50.2. The molecule has 0 bridgehead atoms. The van der Waals surface area contributed by atoms with Crippen LogP contribution < -0.4 is 10.6 Å². The zero-order chi connectivity index (χ0) is 29.9. The van der Waals surface area contributed by atoms with E-state index in [4.69, 9.17) is 0 Å². The Balaban J connectivity index is 1.15. The summed E-state index contributed by atoms with van der Waals surface area (Å²) in [6, 6.07) is 20.9. The monoisotopic (exact) mass is 577 g/mol. The number of pyridine rings is 1. The van der Waals surface area contributed by atoms with Gasteiger partial charge in [0.2, 0.25) is 11.8 Å². The molecule has 1 unspecified atom stereocenters. The molecular formula is C33H25F2N5O3. The predicted molar refractivity (Wildman–Crippen MR) is 155 cm³/mol. The maximum atomic E-state index is 14.3. The maximum Gasteiger partial charge on any atom is 0.275 e. The fourth-order valence-electron chi connectivity index (χ4n) is 6.40. The van der Waals surface area contributed by atoms with Gasteiger partial charge in [-0.05, 0) is 61.2 Å². The van der Waals surface area contributed by atoms with Gasteiger partial charge in [0.05, 0.1) is 5.41 Å². The van der Waals surface area contributed by atoms with Crippen molar-refractivity contribution in [1.82, 2.24) is 9.88 Å². The van der Waals surface area contributed by atoms with Crippen molar-refractivity contribution in [3.05, 3.63) is 125 Å². The van der Waals surface area contributed by atoms with E-state index in [0.29, 0.717) is 29.9 Å². The average molecular weight is 578 g/mol. The van der Waals surface area contributed by atoms with E-state index in [1.54, 1.807) is 49.5 Å². The van der Waals surface area contributed by atoms with Crippen molar-refractivity contribution in [2.45, 2.75) is 30.8 Å². The minimum atomic E-state index is -1.54. The first-order valence-corrected chi connectivity index (χ1v) is 13.8. The number of benzene rings is 3. The predicted octanol–water partition coefficient (Wildman–Crippen LogP) is 4.49. The highest BCUT2D eigenvalue weighted by atomic mass is 19.1. The van der Waals surface area contributed by atoms with E-state index in [9.17, 15) is 23.2 Å². The van der Waals surface area contributed by atoms with Gasteiger partial charge < -0.3 is 10.6 Å². The van der Waals surface area contributed by atoms with E-state index in [-0.39, 0.29) is 17.2 Å². The van der Waals surface area contributed by atoms with E-state index in [1.807, 2.05) is 24.3 Å². The van der Waals surface area contributed by atoms with Gasteiger partial charge in [-0.1, -0.05) is 42.5 Å². The zero-order valence-electron chi connectivity index (χ0n) is 23.0. The lowest BCUT2D eigenvalue weighted by Crippen LogP contribution is -2.47. The number of hydrogen-bond acceptors (Lipinski definition) is 5. The van der Waals surface area contributed by atoms with Crippen molar-refractivity contribution >= 4 is 34.9 Å². The van der Waals surface area contributed by atoms with Gasteiger partial charge in [0.15, 0.2) is 5.66 Å². The van der Waals surface area contributed by atoms with Crippen molar-refractivity contribution in [3.63, 3.8) is 0 Å². The first kappa shape index (κ1) is 26.6. The van der Waals surface area contributed by atoms with E-state index in [1.165, 1.54) is 4.90 Å². The Kier molecular flexibility index (Phi) is 5.98. The summed E-state index contributed by atoms with van der Waals surface area (Å²) in [7, 11) is 0. The molecule has 2 aliphatic heterocycles. The van der Waals surface area contributed by atoms with Crippen molar-refractivity contribution < 1.29 is 23.2 Å². The minimum absolute atomic E-state index is 0.0907. The van der Waals surface area contributed by atoms with E-state index < -0.39 is 41.1 Å². The first-order chi connectivity index (χ1) is 20.7. The van der Waals surface area contributed by atoms with Crippen LogP contribution >= 0.6 is 0 Å². The largest absolute Gasteiger partial charge is 0.325 e. The Morgan fingerprint density at radius 2 is 1.70 bits per heavy atom. The van der Waals surface area contributed by atoms with E-state index >= 15 is 0 Å². The fraction of sp³-hybridized carbons (Fsp3) is 0.182. The molecule has 1 spiro atoms. The second kappa shape index (κ2) is 9.65. The lowest BCUT2D eigenvalue weighted by atomic mass is 9.79. The van der Waals surface area contributed by atoms with Crippen molar-refractivity contribution in [3.8, 4) is 0 Å². The summed E-state index contributed by atoms with van der Waals surface area (Å²) in [5.74, 6) is -2.21. The van der Waals surface area contributed by atoms with Gasteiger partial charge >= 0.3 is 0 Å². The Morgan fingerprint density at radius 3 is 2.47 bits per heavy atom. The van der Waals surface area contributed by atoms with Gasteiger partial charge in [-0.15, -0.1) is 0 Å². The third-order valence-corrected chi connectivity index (χ3v) is 8.53. The quantitative estimate of drug-likeness (QED) is 0.365. The number of carbonyl (C=O) groups excluding carboxylic acids is 3. The summed E-state index contributed by atoms with van der Waals surface area (Å²) in [6.45, 7) is 1.13. The van der Waals surface area contributed by atoms with Gasteiger partial charge in [-0.2, -0.15) is 0 Å². The maximum absolute atomic E-state index is 14.3. The van der Waals surface area contributed by atoms with Gasteiger partial charge in [0, 0.05) is 34.6 Å². The normalized spacial score (nSPS) is 21.9. The smallest absolute Gasteiger partial charge is 0.275 e. The number of fused-ring (bicyclic) bond motifs is 3. The molecule has 3 aromatic carbocycles. The van der Waals surface area contributed by atoms with Gasteiger partial charge in [0.25, 0.3) is 5.91 Å². The molecule has 7 rings (SSSR count). The molecule has 2 atom stereocenters. The molecule has 1 aromatic heterocycles. The Labute approximate surface area is 245 Å². The number of aliphatic imine (C=N–C) groups is 1. The lowest BCUT2D eigenvalue weighted by molar-refractivity contribution is -0.132. The van der Waals surface area contributed by atoms with Crippen LogP contribution in [-0.2, 0) is 38.3 Å². The molecule has 0 fully saturated rings. The molecule has 4 aromatic rings. The SMILES string of the molecule is C[C@]1(c2cc(F)cc(F)c2)N=C(c2ccccc2)C(=O)N1CC(=O)Nc1ccc2c(c1)CC1(C2)C(=O)Nc2ncccc21. The molecule has 214 valence electrons. The van der Waals surface area contributed by atoms with Crippen molar-refractivity contribution in [2.24, 2.45) is 4.99 Å². The number of rotatable bonds is 5. The number of carbonyl (C=O) groups is 3. The highest BCUT2D eigenvalue weighted by molar-refractivity contribution is 6.47. The molecule has 1 aliphatic carbocycles. The van der Waals surface area contributed by atoms with Gasteiger partial charge in [-0.25, -0.2) is 18.8 Å². The van der Waals surface area contributed by atoms with E-state index in [2.05, 4.69) is 20.6 Å². The lowest BCUT2D eigenvalue weighted by Gasteiger charge is -2.33. The third kappa shape index (κ3) is 4.29. The van der Waals surface area contributed by atoms with Crippen LogP contribution in [0.3, 0.4) is 0 Å².